The summed E-state index contributed by atoms with van der Waals surface area (Å²) in [5.74, 6) is 0. The fraction of sp³-hybridized carbons (Fsp3) is 0.333. The van der Waals surface area contributed by atoms with E-state index in [2.05, 4.69) is 42.2 Å². The fourth-order valence-electron chi connectivity index (χ4n) is 1.86. The first-order valence-electron chi connectivity index (χ1n) is 6.36. The van der Waals surface area contributed by atoms with Crippen molar-refractivity contribution in [3.05, 3.63) is 57.8 Å². The normalized spacial score (nSPS) is 11.2. The highest BCUT2D eigenvalue weighted by Gasteiger charge is 2.02. The van der Waals surface area contributed by atoms with Crippen molar-refractivity contribution in [2.24, 2.45) is 0 Å². The molecule has 1 N–H and O–H groups in total. The third-order valence-corrected chi connectivity index (χ3v) is 3.61. The zero-order chi connectivity index (χ0) is 13.8. The van der Waals surface area contributed by atoms with E-state index in [9.17, 15) is 0 Å². The number of rotatable bonds is 5. The van der Waals surface area contributed by atoms with Crippen molar-refractivity contribution in [2.75, 3.05) is 0 Å². The molecule has 0 radical (unpaired) electrons. The molecule has 1 aromatic carbocycles. The van der Waals surface area contributed by atoms with Crippen molar-refractivity contribution in [1.82, 2.24) is 9.88 Å². The Morgan fingerprint density at radius 2 is 1.89 bits per heavy atom. The minimum Gasteiger partial charge on any atom is -0.350 e. The predicted octanol–water partition coefficient (Wildman–Crippen LogP) is 4.34. The predicted molar refractivity (Wildman–Crippen MR) is 82.0 cm³/mol. The summed E-state index contributed by atoms with van der Waals surface area (Å²) in [7, 11) is 0. The second-order valence-electron chi connectivity index (χ2n) is 4.98. The molecule has 2 aromatic rings. The topological polar surface area (TPSA) is 17.0 Å². The van der Waals surface area contributed by atoms with Gasteiger partial charge >= 0.3 is 0 Å². The molecule has 0 saturated carbocycles. The van der Waals surface area contributed by atoms with Crippen molar-refractivity contribution in [3.8, 4) is 0 Å². The minimum absolute atomic E-state index is 0.499. The molecule has 0 spiro atoms. The summed E-state index contributed by atoms with van der Waals surface area (Å²) in [6, 6.07) is 8.38. The highest BCUT2D eigenvalue weighted by molar-refractivity contribution is 6.42. The average molecular weight is 297 g/mol. The van der Waals surface area contributed by atoms with Gasteiger partial charge in [-0.25, -0.2) is 0 Å². The van der Waals surface area contributed by atoms with Crippen LogP contribution in [-0.2, 0) is 13.1 Å². The Balaban J connectivity index is 2.01. The molecule has 0 amide bonds. The van der Waals surface area contributed by atoms with Gasteiger partial charge in [0, 0.05) is 31.5 Å². The molecule has 0 fully saturated rings. The summed E-state index contributed by atoms with van der Waals surface area (Å²) in [6.07, 6.45) is 4.23. The summed E-state index contributed by atoms with van der Waals surface area (Å²) >= 11 is 11.9. The molecular weight excluding hydrogens is 279 g/mol. The Hall–Kier alpha value is -0.960. The molecule has 102 valence electrons. The smallest absolute Gasteiger partial charge is 0.0595 e. The molecule has 0 aliphatic rings. The van der Waals surface area contributed by atoms with Crippen molar-refractivity contribution < 1.29 is 0 Å². The largest absolute Gasteiger partial charge is 0.350 e. The summed E-state index contributed by atoms with van der Waals surface area (Å²) in [5.41, 5.74) is 2.43. The quantitative estimate of drug-likeness (QED) is 0.868. The molecular formula is C15H18Cl2N2. The van der Waals surface area contributed by atoms with E-state index in [1.807, 2.05) is 18.2 Å². The molecule has 0 atom stereocenters. The molecule has 0 aliphatic carbocycles. The van der Waals surface area contributed by atoms with Crippen molar-refractivity contribution in [3.63, 3.8) is 0 Å². The Morgan fingerprint density at radius 3 is 2.58 bits per heavy atom. The van der Waals surface area contributed by atoms with Crippen LogP contribution >= 0.6 is 23.2 Å². The molecule has 1 heterocycles. The average Bonchev–Trinajstić information content (AvgIpc) is 2.79. The van der Waals surface area contributed by atoms with E-state index in [4.69, 9.17) is 23.2 Å². The molecule has 1 aromatic heterocycles. The van der Waals surface area contributed by atoms with Crippen LogP contribution in [0.2, 0.25) is 10.0 Å². The van der Waals surface area contributed by atoms with Gasteiger partial charge in [0.2, 0.25) is 0 Å². The van der Waals surface area contributed by atoms with Crippen LogP contribution in [-0.4, -0.2) is 10.6 Å². The zero-order valence-corrected chi connectivity index (χ0v) is 12.7. The minimum atomic E-state index is 0.499. The van der Waals surface area contributed by atoms with Crippen molar-refractivity contribution >= 4 is 23.2 Å². The Morgan fingerprint density at radius 1 is 1.11 bits per heavy atom. The van der Waals surface area contributed by atoms with Gasteiger partial charge in [-0.3, -0.25) is 0 Å². The van der Waals surface area contributed by atoms with Gasteiger partial charge in [0.1, 0.15) is 0 Å². The van der Waals surface area contributed by atoms with Crippen LogP contribution in [0, 0.1) is 0 Å². The SMILES string of the molecule is CC(C)NCc1ccn(Cc2ccc(Cl)c(Cl)c2)c1. The number of nitrogens with zero attached hydrogens (tertiary/aromatic N) is 1. The number of nitrogens with one attached hydrogen (secondary N) is 1. The van der Waals surface area contributed by atoms with Crippen LogP contribution in [0.4, 0.5) is 0 Å². The molecule has 4 heteroatoms. The number of hydrogen-bond acceptors (Lipinski definition) is 1. The van der Waals surface area contributed by atoms with Crippen LogP contribution in [0.3, 0.4) is 0 Å². The molecule has 0 saturated heterocycles. The molecule has 2 nitrogen and oxygen atoms in total. The molecule has 0 unspecified atom stereocenters. The first-order chi connectivity index (χ1) is 9.04. The highest BCUT2D eigenvalue weighted by atomic mass is 35.5. The van der Waals surface area contributed by atoms with Crippen molar-refractivity contribution in [2.45, 2.75) is 33.0 Å². The lowest BCUT2D eigenvalue weighted by atomic mass is 10.2. The van der Waals surface area contributed by atoms with Crippen LogP contribution in [0.15, 0.2) is 36.7 Å². The molecule has 0 aliphatic heterocycles. The lowest BCUT2D eigenvalue weighted by Crippen LogP contribution is -2.21. The maximum Gasteiger partial charge on any atom is 0.0595 e. The first kappa shape index (κ1) is 14.4. The summed E-state index contributed by atoms with van der Waals surface area (Å²) < 4.78 is 2.15. The Bertz CT molecular complexity index is 547. The van der Waals surface area contributed by atoms with Crippen LogP contribution < -0.4 is 5.32 Å². The standard InChI is InChI=1S/C15H18Cl2N2/c1-11(2)18-8-13-5-6-19(10-13)9-12-3-4-14(16)15(17)7-12/h3-7,10-11,18H,8-9H2,1-2H3. The summed E-state index contributed by atoms with van der Waals surface area (Å²) in [5, 5.41) is 4.61. The lowest BCUT2D eigenvalue weighted by Gasteiger charge is -2.06. The maximum atomic E-state index is 6.02. The number of halogens is 2. The number of hydrogen-bond donors (Lipinski definition) is 1. The van der Waals surface area contributed by atoms with E-state index < -0.39 is 0 Å². The van der Waals surface area contributed by atoms with E-state index in [0.717, 1.165) is 18.7 Å². The second kappa shape index (κ2) is 6.47. The second-order valence-corrected chi connectivity index (χ2v) is 5.79. The maximum absolute atomic E-state index is 6.02. The van der Waals surface area contributed by atoms with Crippen LogP contribution in [0.1, 0.15) is 25.0 Å². The van der Waals surface area contributed by atoms with Gasteiger partial charge in [-0.05, 0) is 29.3 Å². The van der Waals surface area contributed by atoms with Gasteiger partial charge in [-0.1, -0.05) is 43.1 Å². The van der Waals surface area contributed by atoms with Crippen LogP contribution in [0.25, 0.3) is 0 Å². The van der Waals surface area contributed by atoms with E-state index in [0.29, 0.717) is 16.1 Å². The first-order valence-corrected chi connectivity index (χ1v) is 7.12. The van der Waals surface area contributed by atoms with Gasteiger partial charge in [0.05, 0.1) is 10.0 Å². The van der Waals surface area contributed by atoms with E-state index in [1.165, 1.54) is 5.56 Å². The summed E-state index contributed by atoms with van der Waals surface area (Å²) in [4.78, 5) is 0. The van der Waals surface area contributed by atoms with Crippen molar-refractivity contribution in [1.29, 1.82) is 0 Å². The lowest BCUT2D eigenvalue weighted by molar-refractivity contribution is 0.588. The van der Waals surface area contributed by atoms with E-state index >= 15 is 0 Å². The van der Waals surface area contributed by atoms with Gasteiger partial charge in [-0.15, -0.1) is 0 Å². The Labute approximate surface area is 124 Å². The van der Waals surface area contributed by atoms with E-state index in [1.54, 1.807) is 0 Å². The third-order valence-electron chi connectivity index (χ3n) is 2.88. The molecule has 2 rings (SSSR count). The fourth-order valence-corrected chi connectivity index (χ4v) is 2.18. The highest BCUT2D eigenvalue weighted by Crippen LogP contribution is 2.23. The number of aromatic nitrogens is 1. The molecule has 19 heavy (non-hydrogen) atoms. The zero-order valence-electron chi connectivity index (χ0n) is 11.2. The monoisotopic (exact) mass is 296 g/mol. The number of benzene rings is 1. The van der Waals surface area contributed by atoms with E-state index in [-0.39, 0.29) is 0 Å². The summed E-state index contributed by atoms with van der Waals surface area (Å²) in [6.45, 7) is 5.99. The van der Waals surface area contributed by atoms with Gasteiger partial charge in [0.15, 0.2) is 0 Å². The van der Waals surface area contributed by atoms with Gasteiger partial charge in [-0.2, -0.15) is 0 Å². The molecule has 0 bridgehead atoms. The van der Waals surface area contributed by atoms with Crippen LogP contribution in [0.5, 0.6) is 0 Å². The Kier molecular flexibility index (Phi) is 4.92. The third kappa shape index (κ3) is 4.27. The van der Waals surface area contributed by atoms with Gasteiger partial charge < -0.3 is 9.88 Å². The van der Waals surface area contributed by atoms with Gasteiger partial charge in [0.25, 0.3) is 0 Å².